The summed E-state index contributed by atoms with van der Waals surface area (Å²) in [5.74, 6) is 0.0356. The van der Waals surface area contributed by atoms with Crippen LogP contribution in [-0.4, -0.2) is 9.78 Å². The predicted octanol–water partition coefficient (Wildman–Crippen LogP) is 2.94. The van der Waals surface area contributed by atoms with Gasteiger partial charge in [-0.2, -0.15) is 5.10 Å². The number of hydrogen-bond donors (Lipinski definition) is 1. The zero-order valence-electron chi connectivity index (χ0n) is 10.8. The zero-order valence-corrected chi connectivity index (χ0v) is 11.5. The molecule has 4 nitrogen and oxygen atoms in total. The van der Waals surface area contributed by atoms with E-state index in [-0.39, 0.29) is 12.3 Å². The Labute approximate surface area is 115 Å². The van der Waals surface area contributed by atoms with E-state index in [0.717, 1.165) is 17.8 Å². The summed E-state index contributed by atoms with van der Waals surface area (Å²) < 4.78 is 20.2. The standard InChI is InChI=1S/C13H15ClFN3O/c1-3-10-13(14)11(18(2)17-10)7-19-12-5-4-8(15)6-9(12)16/h4-6H,3,7,16H2,1-2H3. The van der Waals surface area contributed by atoms with Crippen molar-refractivity contribution in [1.29, 1.82) is 0 Å². The van der Waals surface area contributed by atoms with Crippen molar-refractivity contribution < 1.29 is 9.13 Å². The summed E-state index contributed by atoms with van der Waals surface area (Å²) in [6, 6.07) is 4.02. The van der Waals surface area contributed by atoms with Crippen molar-refractivity contribution in [2.75, 3.05) is 5.73 Å². The van der Waals surface area contributed by atoms with Crippen LogP contribution >= 0.6 is 11.6 Å². The normalized spacial score (nSPS) is 10.7. The Morgan fingerprint density at radius 3 is 2.79 bits per heavy atom. The molecule has 6 heteroatoms. The summed E-state index contributed by atoms with van der Waals surface area (Å²) in [6.45, 7) is 2.22. The van der Waals surface area contributed by atoms with Gasteiger partial charge in [0.25, 0.3) is 0 Å². The number of ether oxygens (including phenoxy) is 1. The molecule has 0 atom stereocenters. The summed E-state index contributed by atoms with van der Waals surface area (Å²) in [7, 11) is 1.80. The van der Waals surface area contributed by atoms with Gasteiger partial charge in [-0.1, -0.05) is 18.5 Å². The minimum atomic E-state index is -0.392. The van der Waals surface area contributed by atoms with Gasteiger partial charge in [0.1, 0.15) is 18.2 Å². The minimum absolute atomic E-state index is 0.234. The molecule has 0 saturated heterocycles. The third kappa shape index (κ3) is 2.81. The number of benzene rings is 1. The minimum Gasteiger partial charge on any atom is -0.485 e. The molecule has 2 aromatic rings. The second-order valence-corrected chi connectivity index (χ2v) is 4.53. The lowest BCUT2D eigenvalue weighted by Crippen LogP contribution is -2.05. The molecule has 0 aliphatic rings. The van der Waals surface area contributed by atoms with Crippen LogP contribution in [0.15, 0.2) is 18.2 Å². The van der Waals surface area contributed by atoms with Crippen molar-refractivity contribution >= 4 is 17.3 Å². The van der Waals surface area contributed by atoms with E-state index in [1.165, 1.54) is 18.2 Å². The van der Waals surface area contributed by atoms with Gasteiger partial charge in [0, 0.05) is 13.1 Å². The molecule has 1 heterocycles. The molecular formula is C13H15ClFN3O. The Hall–Kier alpha value is -1.75. The van der Waals surface area contributed by atoms with E-state index < -0.39 is 5.82 Å². The summed E-state index contributed by atoms with van der Waals surface area (Å²) in [5.41, 5.74) is 7.53. The number of rotatable bonds is 4. The van der Waals surface area contributed by atoms with Gasteiger partial charge in [0.05, 0.1) is 22.1 Å². The van der Waals surface area contributed by atoms with Gasteiger partial charge < -0.3 is 10.5 Å². The number of aryl methyl sites for hydroxylation is 2. The van der Waals surface area contributed by atoms with Gasteiger partial charge in [-0.15, -0.1) is 0 Å². The lowest BCUT2D eigenvalue weighted by molar-refractivity contribution is 0.296. The third-order valence-corrected chi connectivity index (χ3v) is 3.28. The maximum atomic E-state index is 12.9. The van der Waals surface area contributed by atoms with Crippen LogP contribution in [0, 0.1) is 5.82 Å². The number of nitrogen functional groups attached to an aromatic ring is 1. The number of nitrogens with two attached hydrogens (primary N) is 1. The Morgan fingerprint density at radius 2 is 2.21 bits per heavy atom. The molecule has 0 amide bonds. The highest BCUT2D eigenvalue weighted by atomic mass is 35.5. The molecule has 1 aromatic carbocycles. The van der Waals surface area contributed by atoms with E-state index in [1.807, 2.05) is 6.92 Å². The lowest BCUT2D eigenvalue weighted by atomic mass is 10.3. The van der Waals surface area contributed by atoms with Crippen molar-refractivity contribution in [2.24, 2.45) is 7.05 Å². The number of aromatic nitrogens is 2. The van der Waals surface area contributed by atoms with Gasteiger partial charge >= 0.3 is 0 Å². The SMILES string of the molecule is CCc1nn(C)c(COc2ccc(F)cc2N)c1Cl. The van der Waals surface area contributed by atoms with Crippen molar-refractivity contribution in [2.45, 2.75) is 20.0 Å². The quantitative estimate of drug-likeness (QED) is 0.878. The van der Waals surface area contributed by atoms with E-state index in [0.29, 0.717) is 10.8 Å². The molecule has 0 aliphatic carbocycles. The monoisotopic (exact) mass is 283 g/mol. The maximum Gasteiger partial charge on any atom is 0.142 e. The van der Waals surface area contributed by atoms with Crippen LogP contribution in [0.1, 0.15) is 18.3 Å². The van der Waals surface area contributed by atoms with Gasteiger partial charge in [-0.05, 0) is 18.6 Å². The van der Waals surface area contributed by atoms with Crippen molar-refractivity contribution in [3.8, 4) is 5.75 Å². The van der Waals surface area contributed by atoms with E-state index in [9.17, 15) is 4.39 Å². The van der Waals surface area contributed by atoms with Gasteiger partial charge in [-0.3, -0.25) is 4.68 Å². The van der Waals surface area contributed by atoms with Gasteiger partial charge in [0.2, 0.25) is 0 Å². The Balaban J connectivity index is 2.16. The predicted molar refractivity (Wildman–Crippen MR) is 72.7 cm³/mol. The fraction of sp³-hybridized carbons (Fsp3) is 0.308. The Bertz CT molecular complexity index is 598. The number of anilines is 1. The smallest absolute Gasteiger partial charge is 0.142 e. The van der Waals surface area contributed by atoms with Crippen LogP contribution in [0.4, 0.5) is 10.1 Å². The maximum absolute atomic E-state index is 12.9. The molecule has 0 spiro atoms. The molecule has 0 unspecified atom stereocenters. The Kier molecular flexibility index (Phi) is 3.95. The van der Waals surface area contributed by atoms with E-state index >= 15 is 0 Å². The van der Waals surface area contributed by atoms with E-state index in [2.05, 4.69) is 5.10 Å². The first kappa shape index (κ1) is 13.7. The average molecular weight is 284 g/mol. The Morgan fingerprint density at radius 1 is 1.47 bits per heavy atom. The van der Waals surface area contributed by atoms with Gasteiger partial charge in [-0.25, -0.2) is 4.39 Å². The first-order valence-electron chi connectivity index (χ1n) is 5.91. The molecule has 0 saturated carbocycles. The van der Waals surface area contributed by atoms with Crippen LogP contribution in [-0.2, 0) is 20.1 Å². The zero-order chi connectivity index (χ0) is 14.0. The topological polar surface area (TPSA) is 53.1 Å². The molecule has 0 aliphatic heterocycles. The molecule has 2 N–H and O–H groups in total. The highest BCUT2D eigenvalue weighted by Crippen LogP contribution is 2.26. The van der Waals surface area contributed by atoms with Crippen LogP contribution in [0.2, 0.25) is 5.02 Å². The fourth-order valence-electron chi connectivity index (χ4n) is 1.77. The molecular weight excluding hydrogens is 269 g/mol. The highest BCUT2D eigenvalue weighted by molar-refractivity contribution is 6.31. The molecule has 1 aromatic heterocycles. The van der Waals surface area contributed by atoms with Gasteiger partial charge in [0.15, 0.2) is 0 Å². The number of hydrogen-bond acceptors (Lipinski definition) is 3. The van der Waals surface area contributed by atoms with E-state index in [1.54, 1.807) is 11.7 Å². The molecule has 2 rings (SSSR count). The van der Waals surface area contributed by atoms with Crippen LogP contribution in [0.5, 0.6) is 5.75 Å². The summed E-state index contributed by atoms with van der Waals surface area (Å²) in [6.07, 6.45) is 0.755. The summed E-state index contributed by atoms with van der Waals surface area (Å²) >= 11 is 6.21. The van der Waals surface area contributed by atoms with E-state index in [4.69, 9.17) is 22.1 Å². The summed E-state index contributed by atoms with van der Waals surface area (Å²) in [5, 5.41) is 4.89. The first-order valence-corrected chi connectivity index (χ1v) is 6.28. The first-order chi connectivity index (χ1) is 9.02. The van der Waals surface area contributed by atoms with Crippen molar-refractivity contribution in [1.82, 2.24) is 9.78 Å². The van der Waals surface area contributed by atoms with Crippen LogP contribution in [0.25, 0.3) is 0 Å². The molecule has 0 bridgehead atoms. The van der Waals surface area contributed by atoms with Crippen molar-refractivity contribution in [3.63, 3.8) is 0 Å². The summed E-state index contributed by atoms with van der Waals surface area (Å²) in [4.78, 5) is 0. The fourth-order valence-corrected chi connectivity index (χ4v) is 2.12. The third-order valence-electron chi connectivity index (χ3n) is 2.84. The molecule has 102 valence electrons. The lowest BCUT2D eigenvalue weighted by Gasteiger charge is -2.09. The van der Waals surface area contributed by atoms with Crippen LogP contribution < -0.4 is 10.5 Å². The molecule has 0 fully saturated rings. The van der Waals surface area contributed by atoms with Crippen LogP contribution in [0.3, 0.4) is 0 Å². The number of nitrogens with zero attached hydrogens (tertiary/aromatic N) is 2. The molecule has 19 heavy (non-hydrogen) atoms. The largest absolute Gasteiger partial charge is 0.485 e. The van der Waals surface area contributed by atoms with Crippen molar-refractivity contribution in [3.05, 3.63) is 40.4 Å². The highest BCUT2D eigenvalue weighted by Gasteiger charge is 2.14. The average Bonchev–Trinajstić information content (AvgIpc) is 2.64. The number of halogens is 2. The second kappa shape index (κ2) is 5.48. The second-order valence-electron chi connectivity index (χ2n) is 4.16. The molecule has 0 radical (unpaired) electrons.